The minimum absolute atomic E-state index is 0.278. The number of aromatic nitrogens is 1. The van der Waals surface area contributed by atoms with Crippen molar-refractivity contribution < 1.29 is 9.53 Å². The zero-order valence-corrected chi connectivity index (χ0v) is 18.4. The van der Waals surface area contributed by atoms with Crippen molar-refractivity contribution in [2.24, 2.45) is 5.41 Å². The van der Waals surface area contributed by atoms with E-state index in [1.807, 2.05) is 24.3 Å². The number of methoxy groups -OCH3 is 1. The standard InChI is InChI=1S/C27H30N2O2/c1-20-6-3-4-7-24(20)25-8-5-15-29(25)23-18-27(19-23)13-16-28(17-14-27)22-11-9-21(10-12-22)26(30)31-2/h3-12,15,23H,13-14,16-19H2,1-2H3. The first-order chi connectivity index (χ1) is 15.1. The number of carbonyl (C=O) groups is 1. The number of esters is 1. The molecule has 31 heavy (non-hydrogen) atoms. The molecule has 0 radical (unpaired) electrons. The lowest BCUT2D eigenvalue weighted by Crippen LogP contribution is -2.47. The number of anilines is 1. The molecule has 3 aromatic rings. The molecule has 2 heterocycles. The van der Waals surface area contributed by atoms with Crippen LogP contribution in [0, 0.1) is 12.3 Å². The fourth-order valence-electron chi connectivity index (χ4n) is 5.51. The van der Waals surface area contributed by atoms with E-state index in [-0.39, 0.29) is 5.97 Å². The van der Waals surface area contributed by atoms with Gasteiger partial charge < -0.3 is 14.2 Å². The largest absolute Gasteiger partial charge is 0.465 e. The number of aryl methyl sites for hydroxylation is 1. The van der Waals surface area contributed by atoms with Gasteiger partial charge in [-0.2, -0.15) is 0 Å². The van der Waals surface area contributed by atoms with Gasteiger partial charge in [-0.1, -0.05) is 24.3 Å². The smallest absolute Gasteiger partial charge is 0.337 e. The van der Waals surface area contributed by atoms with Gasteiger partial charge >= 0.3 is 5.97 Å². The third-order valence-corrected chi connectivity index (χ3v) is 7.41. The van der Waals surface area contributed by atoms with Gasteiger partial charge in [0.25, 0.3) is 0 Å². The van der Waals surface area contributed by atoms with Crippen LogP contribution in [0.3, 0.4) is 0 Å². The van der Waals surface area contributed by atoms with E-state index in [2.05, 4.69) is 59.0 Å². The molecule has 0 unspecified atom stereocenters. The number of carbonyl (C=O) groups excluding carboxylic acids is 1. The van der Waals surface area contributed by atoms with Gasteiger partial charge in [-0.25, -0.2) is 4.79 Å². The van der Waals surface area contributed by atoms with Gasteiger partial charge in [0.05, 0.1) is 12.7 Å². The van der Waals surface area contributed by atoms with Crippen LogP contribution in [0.25, 0.3) is 11.3 Å². The molecule has 1 aliphatic carbocycles. The lowest BCUT2D eigenvalue weighted by Gasteiger charge is -2.53. The summed E-state index contributed by atoms with van der Waals surface area (Å²) in [5.74, 6) is -0.278. The molecule has 0 atom stereocenters. The fraction of sp³-hybridized carbons (Fsp3) is 0.370. The number of hydrogen-bond donors (Lipinski definition) is 0. The van der Waals surface area contributed by atoms with E-state index in [1.165, 1.54) is 55.3 Å². The van der Waals surface area contributed by atoms with E-state index in [0.717, 1.165) is 13.1 Å². The molecule has 0 bridgehead atoms. The zero-order chi connectivity index (χ0) is 21.4. The highest BCUT2D eigenvalue weighted by atomic mass is 16.5. The predicted molar refractivity (Wildman–Crippen MR) is 125 cm³/mol. The molecule has 1 saturated carbocycles. The quantitative estimate of drug-likeness (QED) is 0.501. The monoisotopic (exact) mass is 414 g/mol. The topological polar surface area (TPSA) is 34.5 Å². The van der Waals surface area contributed by atoms with E-state index in [4.69, 9.17) is 4.74 Å². The highest BCUT2D eigenvalue weighted by molar-refractivity contribution is 5.89. The third kappa shape index (κ3) is 3.65. The van der Waals surface area contributed by atoms with Gasteiger partial charge in [0.1, 0.15) is 0 Å². The number of benzene rings is 2. The van der Waals surface area contributed by atoms with E-state index in [0.29, 0.717) is 17.0 Å². The first-order valence-electron chi connectivity index (χ1n) is 11.2. The maximum absolute atomic E-state index is 11.7. The second-order valence-corrected chi connectivity index (χ2v) is 9.20. The Bertz CT molecular complexity index is 1070. The highest BCUT2D eigenvalue weighted by Crippen LogP contribution is 2.55. The third-order valence-electron chi connectivity index (χ3n) is 7.41. The average molecular weight is 415 g/mol. The molecular weight excluding hydrogens is 384 g/mol. The van der Waals surface area contributed by atoms with Crippen LogP contribution in [-0.4, -0.2) is 30.7 Å². The Hall–Kier alpha value is -3.01. The molecule has 4 heteroatoms. The number of rotatable bonds is 4. The Morgan fingerprint density at radius 1 is 0.968 bits per heavy atom. The number of ether oxygens (including phenoxy) is 1. The number of piperidine rings is 1. The Labute approximate surface area is 184 Å². The molecule has 0 N–H and O–H groups in total. The summed E-state index contributed by atoms with van der Waals surface area (Å²) in [5, 5.41) is 0. The first-order valence-corrected chi connectivity index (χ1v) is 11.2. The average Bonchev–Trinajstić information content (AvgIpc) is 3.26. The normalized spacial score (nSPS) is 18.1. The van der Waals surface area contributed by atoms with Crippen LogP contribution >= 0.6 is 0 Å². The van der Waals surface area contributed by atoms with Crippen LogP contribution < -0.4 is 4.90 Å². The van der Waals surface area contributed by atoms with Gasteiger partial charge in [-0.3, -0.25) is 0 Å². The lowest BCUT2D eigenvalue weighted by molar-refractivity contribution is 0.0361. The Balaban J connectivity index is 1.22. The summed E-state index contributed by atoms with van der Waals surface area (Å²) in [5.41, 5.74) is 6.33. The highest BCUT2D eigenvalue weighted by Gasteiger charge is 2.46. The van der Waals surface area contributed by atoms with Crippen LogP contribution in [0.2, 0.25) is 0 Å². The summed E-state index contributed by atoms with van der Waals surface area (Å²) < 4.78 is 7.31. The van der Waals surface area contributed by atoms with Gasteiger partial charge in [-0.05, 0) is 80.0 Å². The second kappa shape index (κ2) is 7.92. The number of nitrogens with zero attached hydrogens (tertiary/aromatic N) is 2. The molecule has 2 aliphatic rings. The Morgan fingerprint density at radius 3 is 2.35 bits per heavy atom. The van der Waals surface area contributed by atoms with Gasteiger partial charge in [0.15, 0.2) is 0 Å². The van der Waals surface area contributed by atoms with E-state index in [1.54, 1.807) is 0 Å². The molecule has 1 spiro atoms. The lowest BCUT2D eigenvalue weighted by atomic mass is 9.60. The van der Waals surface area contributed by atoms with E-state index >= 15 is 0 Å². The molecule has 4 nitrogen and oxygen atoms in total. The Morgan fingerprint density at radius 2 is 1.68 bits per heavy atom. The minimum atomic E-state index is -0.278. The summed E-state index contributed by atoms with van der Waals surface area (Å²) >= 11 is 0. The molecule has 1 saturated heterocycles. The minimum Gasteiger partial charge on any atom is -0.465 e. The zero-order valence-electron chi connectivity index (χ0n) is 18.4. The predicted octanol–water partition coefficient (Wildman–Crippen LogP) is 5.87. The maximum Gasteiger partial charge on any atom is 0.337 e. The van der Waals surface area contributed by atoms with Gasteiger partial charge in [0, 0.05) is 42.3 Å². The van der Waals surface area contributed by atoms with Crippen LogP contribution in [-0.2, 0) is 4.74 Å². The fourth-order valence-corrected chi connectivity index (χ4v) is 5.51. The summed E-state index contributed by atoms with van der Waals surface area (Å²) in [4.78, 5) is 14.1. The van der Waals surface area contributed by atoms with Crippen LogP contribution in [0.1, 0.15) is 47.6 Å². The summed E-state index contributed by atoms with van der Waals surface area (Å²) in [6.45, 7) is 4.36. The van der Waals surface area contributed by atoms with Crippen molar-refractivity contribution in [3.63, 3.8) is 0 Å². The van der Waals surface area contributed by atoms with Gasteiger partial charge in [0.2, 0.25) is 0 Å². The van der Waals surface area contributed by atoms with Crippen LogP contribution in [0.4, 0.5) is 5.69 Å². The van der Waals surface area contributed by atoms with Crippen molar-refractivity contribution in [2.75, 3.05) is 25.1 Å². The van der Waals surface area contributed by atoms with Crippen LogP contribution in [0.15, 0.2) is 66.9 Å². The summed E-state index contributed by atoms with van der Waals surface area (Å²) in [7, 11) is 1.42. The Kier molecular flexibility index (Phi) is 5.09. The summed E-state index contributed by atoms with van der Waals surface area (Å²) in [6.07, 6.45) is 7.29. The van der Waals surface area contributed by atoms with Crippen molar-refractivity contribution in [1.82, 2.24) is 4.57 Å². The molecule has 5 rings (SSSR count). The van der Waals surface area contributed by atoms with Gasteiger partial charge in [-0.15, -0.1) is 0 Å². The van der Waals surface area contributed by atoms with Crippen molar-refractivity contribution in [3.8, 4) is 11.3 Å². The molecule has 0 amide bonds. The van der Waals surface area contributed by atoms with Crippen molar-refractivity contribution in [3.05, 3.63) is 78.0 Å². The maximum atomic E-state index is 11.7. The van der Waals surface area contributed by atoms with Crippen molar-refractivity contribution >= 4 is 11.7 Å². The van der Waals surface area contributed by atoms with Crippen molar-refractivity contribution in [1.29, 1.82) is 0 Å². The first kappa shape index (κ1) is 19.9. The van der Waals surface area contributed by atoms with Crippen LogP contribution in [0.5, 0.6) is 0 Å². The molecule has 160 valence electrons. The SMILES string of the molecule is COC(=O)c1ccc(N2CCC3(CC2)CC(n2cccc2-c2ccccc2C)C3)cc1. The molecule has 2 fully saturated rings. The number of hydrogen-bond acceptors (Lipinski definition) is 3. The molecular formula is C27H30N2O2. The van der Waals surface area contributed by atoms with Crippen molar-refractivity contribution in [2.45, 2.75) is 38.6 Å². The van der Waals surface area contributed by atoms with E-state index in [9.17, 15) is 4.79 Å². The second-order valence-electron chi connectivity index (χ2n) is 9.20. The van der Waals surface area contributed by atoms with E-state index < -0.39 is 0 Å². The molecule has 1 aliphatic heterocycles. The molecule has 2 aromatic carbocycles. The molecule has 1 aromatic heterocycles. The summed E-state index contributed by atoms with van der Waals surface area (Å²) in [6, 6.07) is 21.5.